The zero-order chi connectivity index (χ0) is 13.3. The average Bonchev–Trinajstić information content (AvgIpc) is 2.28. The molecule has 2 rings (SSSR count). The van der Waals surface area contributed by atoms with Gasteiger partial charge >= 0.3 is 5.97 Å². The molecule has 1 aliphatic rings. The molecule has 4 heteroatoms. The first-order valence-corrected chi connectivity index (χ1v) is 6.66. The number of hydrogen-bond acceptors (Lipinski definition) is 2. The number of hydrogen-bond donors (Lipinski definition) is 1. The molecule has 18 heavy (non-hydrogen) atoms. The van der Waals surface area contributed by atoms with Gasteiger partial charge in [0.05, 0.1) is 11.3 Å². The van der Waals surface area contributed by atoms with Crippen LogP contribution in [0.3, 0.4) is 0 Å². The summed E-state index contributed by atoms with van der Waals surface area (Å²) in [6.07, 6.45) is 2.18. The second-order valence-corrected chi connectivity index (χ2v) is 5.58. The van der Waals surface area contributed by atoms with Crippen LogP contribution in [-0.2, 0) is 0 Å². The van der Waals surface area contributed by atoms with Crippen LogP contribution < -0.4 is 4.90 Å². The zero-order valence-electron chi connectivity index (χ0n) is 10.7. The third-order valence-corrected chi connectivity index (χ3v) is 3.87. The first kappa shape index (κ1) is 13.2. The lowest BCUT2D eigenvalue weighted by Gasteiger charge is -2.39. The van der Waals surface area contributed by atoms with Crippen LogP contribution in [0, 0.1) is 5.92 Å². The van der Waals surface area contributed by atoms with Gasteiger partial charge in [0.15, 0.2) is 0 Å². The molecule has 0 bridgehead atoms. The molecule has 1 N–H and O–H groups in total. The highest BCUT2D eigenvalue weighted by molar-refractivity contribution is 6.31. The molecular formula is C14H18ClNO2. The number of aromatic carboxylic acids is 1. The first-order chi connectivity index (χ1) is 8.49. The van der Waals surface area contributed by atoms with E-state index in [2.05, 4.69) is 18.7 Å². The van der Waals surface area contributed by atoms with Crippen LogP contribution in [0.2, 0.25) is 5.02 Å². The highest BCUT2D eigenvalue weighted by Crippen LogP contribution is 2.32. The Bertz CT molecular complexity index is 461. The van der Waals surface area contributed by atoms with E-state index in [0.29, 0.717) is 22.5 Å². The number of carbonyl (C=O) groups is 1. The van der Waals surface area contributed by atoms with Crippen molar-refractivity contribution in [2.24, 2.45) is 5.92 Å². The lowest BCUT2D eigenvalue weighted by Crippen LogP contribution is -2.41. The Hall–Kier alpha value is -1.22. The largest absolute Gasteiger partial charge is 0.478 e. The molecule has 0 saturated carbocycles. The summed E-state index contributed by atoms with van der Waals surface area (Å²) in [6.45, 7) is 5.27. The quantitative estimate of drug-likeness (QED) is 0.889. The van der Waals surface area contributed by atoms with Crippen molar-refractivity contribution in [1.29, 1.82) is 0 Å². The van der Waals surface area contributed by atoms with Gasteiger partial charge in [0, 0.05) is 17.6 Å². The molecule has 2 unspecified atom stereocenters. The summed E-state index contributed by atoms with van der Waals surface area (Å²) in [5.74, 6) is -0.198. The van der Waals surface area contributed by atoms with Crippen LogP contribution in [0.25, 0.3) is 0 Å². The maximum Gasteiger partial charge on any atom is 0.337 e. The second kappa shape index (κ2) is 5.19. The van der Waals surface area contributed by atoms with Crippen LogP contribution in [-0.4, -0.2) is 23.7 Å². The number of nitrogens with zero attached hydrogens (tertiary/aromatic N) is 1. The number of rotatable bonds is 2. The summed E-state index contributed by atoms with van der Waals surface area (Å²) in [4.78, 5) is 13.4. The number of carboxylic acid groups (broad SMARTS) is 1. The van der Waals surface area contributed by atoms with Gasteiger partial charge in [0.25, 0.3) is 0 Å². The summed E-state index contributed by atoms with van der Waals surface area (Å²) < 4.78 is 0. The Morgan fingerprint density at radius 1 is 1.44 bits per heavy atom. The Morgan fingerprint density at radius 2 is 2.17 bits per heavy atom. The van der Waals surface area contributed by atoms with Crippen molar-refractivity contribution < 1.29 is 9.90 Å². The Balaban J connectivity index is 2.37. The number of carboxylic acids is 1. The van der Waals surface area contributed by atoms with E-state index in [4.69, 9.17) is 11.6 Å². The fourth-order valence-corrected chi connectivity index (χ4v) is 2.85. The molecule has 2 atom stereocenters. The van der Waals surface area contributed by atoms with E-state index in [1.807, 2.05) is 0 Å². The van der Waals surface area contributed by atoms with Crippen LogP contribution in [0.15, 0.2) is 18.2 Å². The number of benzene rings is 1. The SMILES string of the molecule is CC1CCN(c2cc(Cl)ccc2C(=O)O)C(C)C1. The first-order valence-electron chi connectivity index (χ1n) is 6.28. The summed E-state index contributed by atoms with van der Waals surface area (Å²) in [7, 11) is 0. The van der Waals surface area contributed by atoms with Gasteiger partial charge in [-0.1, -0.05) is 18.5 Å². The molecule has 1 heterocycles. The zero-order valence-corrected chi connectivity index (χ0v) is 11.4. The summed E-state index contributed by atoms with van der Waals surface area (Å²) in [5, 5.41) is 9.84. The monoisotopic (exact) mass is 267 g/mol. The van der Waals surface area contributed by atoms with E-state index in [9.17, 15) is 9.90 Å². The van der Waals surface area contributed by atoms with Crippen molar-refractivity contribution >= 4 is 23.3 Å². The van der Waals surface area contributed by atoms with Crippen molar-refractivity contribution in [2.45, 2.75) is 32.7 Å². The molecule has 0 spiro atoms. The fourth-order valence-electron chi connectivity index (χ4n) is 2.69. The molecule has 3 nitrogen and oxygen atoms in total. The number of halogens is 1. The molecule has 1 aliphatic heterocycles. The normalized spacial score (nSPS) is 24.1. The van der Waals surface area contributed by atoms with E-state index in [-0.39, 0.29) is 0 Å². The molecule has 0 aliphatic carbocycles. The maximum absolute atomic E-state index is 11.3. The minimum absolute atomic E-state index is 0.334. The molecule has 1 saturated heterocycles. The van der Waals surface area contributed by atoms with Gasteiger partial charge in [-0.3, -0.25) is 0 Å². The summed E-state index contributed by atoms with van der Waals surface area (Å²) in [6, 6.07) is 5.33. The van der Waals surface area contributed by atoms with Crippen molar-refractivity contribution in [2.75, 3.05) is 11.4 Å². The van der Waals surface area contributed by atoms with E-state index in [1.165, 1.54) is 0 Å². The molecule has 1 fully saturated rings. The van der Waals surface area contributed by atoms with E-state index in [0.717, 1.165) is 25.1 Å². The van der Waals surface area contributed by atoms with Crippen LogP contribution in [0.5, 0.6) is 0 Å². The van der Waals surface area contributed by atoms with Crippen molar-refractivity contribution in [3.05, 3.63) is 28.8 Å². The van der Waals surface area contributed by atoms with Crippen molar-refractivity contribution in [1.82, 2.24) is 0 Å². The van der Waals surface area contributed by atoms with Crippen molar-refractivity contribution in [3.63, 3.8) is 0 Å². The number of piperidine rings is 1. The lowest BCUT2D eigenvalue weighted by atomic mass is 9.92. The molecular weight excluding hydrogens is 250 g/mol. The Morgan fingerprint density at radius 3 is 2.78 bits per heavy atom. The van der Waals surface area contributed by atoms with Gasteiger partial charge in [-0.2, -0.15) is 0 Å². The predicted molar refractivity (Wildman–Crippen MR) is 73.6 cm³/mol. The average molecular weight is 268 g/mol. The molecule has 0 amide bonds. The summed E-state index contributed by atoms with van der Waals surface area (Å²) >= 11 is 6.00. The van der Waals surface area contributed by atoms with Crippen LogP contribution >= 0.6 is 11.6 Å². The van der Waals surface area contributed by atoms with E-state index in [1.54, 1.807) is 18.2 Å². The molecule has 1 aromatic carbocycles. The highest BCUT2D eigenvalue weighted by Gasteiger charge is 2.26. The van der Waals surface area contributed by atoms with Gasteiger partial charge < -0.3 is 10.0 Å². The molecule has 1 aromatic rings. The van der Waals surface area contributed by atoms with E-state index >= 15 is 0 Å². The van der Waals surface area contributed by atoms with Crippen LogP contribution in [0.4, 0.5) is 5.69 Å². The topological polar surface area (TPSA) is 40.5 Å². The summed E-state index contributed by atoms with van der Waals surface area (Å²) in [5.41, 5.74) is 1.08. The third-order valence-electron chi connectivity index (χ3n) is 3.64. The van der Waals surface area contributed by atoms with Gasteiger partial charge in [-0.05, 0) is 43.9 Å². The number of anilines is 1. The third kappa shape index (κ3) is 2.61. The Kier molecular flexibility index (Phi) is 3.81. The smallest absolute Gasteiger partial charge is 0.337 e. The fraction of sp³-hybridized carbons (Fsp3) is 0.500. The lowest BCUT2D eigenvalue weighted by molar-refractivity contribution is 0.0697. The van der Waals surface area contributed by atoms with E-state index < -0.39 is 5.97 Å². The van der Waals surface area contributed by atoms with Gasteiger partial charge in [0.2, 0.25) is 0 Å². The maximum atomic E-state index is 11.3. The Labute approximate surface area is 112 Å². The van der Waals surface area contributed by atoms with Gasteiger partial charge in [-0.15, -0.1) is 0 Å². The van der Waals surface area contributed by atoms with Gasteiger partial charge in [0.1, 0.15) is 0 Å². The van der Waals surface area contributed by atoms with Crippen molar-refractivity contribution in [3.8, 4) is 0 Å². The van der Waals surface area contributed by atoms with Gasteiger partial charge in [-0.25, -0.2) is 4.79 Å². The standard InChI is InChI=1S/C14H18ClNO2/c1-9-5-6-16(10(2)7-9)13-8-11(15)3-4-12(13)14(17)18/h3-4,8-10H,5-7H2,1-2H3,(H,17,18). The molecule has 0 aromatic heterocycles. The minimum Gasteiger partial charge on any atom is -0.478 e. The molecule has 0 radical (unpaired) electrons. The highest BCUT2D eigenvalue weighted by atomic mass is 35.5. The molecule has 98 valence electrons. The second-order valence-electron chi connectivity index (χ2n) is 5.14. The minimum atomic E-state index is -0.896. The predicted octanol–water partition coefficient (Wildman–Crippen LogP) is 3.66. The van der Waals surface area contributed by atoms with Crippen LogP contribution in [0.1, 0.15) is 37.0 Å².